The fourth-order valence-electron chi connectivity index (χ4n) is 7.21. The predicted octanol–water partition coefficient (Wildman–Crippen LogP) is 3.51. The summed E-state index contributed by atoms with van der Waals surface area (Å²) in [5, 5.41) is 20.8. The number of ether oxygens (including phenoxy) is 2. The molecule has 150 valence electrons. The number of hydrogen-bond donors (Lipinski definition) is 0. The van der Waals surface area contributed by atoms with Gasteiger partial charge in [-0.2, -0.15) is 10.5 Å². The molecule has 6 rings (SSSR count). The van der Waals surface area contributed by atoms with Gasteiger partial charge in [0.2, 0.25) is 0 Å². The van der Waals surface area contributed by atoms with Crippen molar-refractivity contribution >= 4 is 5.97 Å². The lowest BCUT2D eigenvalue weighted by molar-refractivity contribution is -0.257. The molecule has 2 aromatic rings. The van der Waals surface area contributed by atoms with E-state index in [2.05, 4.69) is 12.1 Å². The first kappa shape index (κ1) is 18.9. The first-order valence-electron chi connectivity index (χ1n) is 10.3. The van der Waals surface area contributed by atoms with Gasteiger partial charge in [0.15, 0.2) is 5.41 Å². The molecular formula is C25H22N2O3. The van der Waals surface area contributed by atoms with Crippen LogP contribution in [0.4, 0.5) is 0 Å². The van der Waals surface area contributed by atoms with Crippen molar-refractivity contribution in [2.45, 2.75) is 24.2 Å². The third-order valence-electron chi connectivity index (χ3n) is 7.86. The van der Waals surface area contributed by atoms with Crippen LogP contribution in [0.15, 0.2) is 60.7 Å². The Hall–Kier alpha value is -3.15. The minimum atomic E-state index is -1.36. The molecule has 4 aliphatic rings. The van der Waals surface area contributed by atoms with Crippen LogP contribution in [-0.4, -0.2) is 25.8 Å². The lowest BCUT2D eigenvalue weighted by Crippen LogP contribution is -2.83. The summed E-state index contributed by atoms with van der Waals surface area (Å²) in [6, 6.07) is 24.3. The van der Waals surface area contributed by atoms with E-state index in [-0.39, 0.29) is 25.1 Å². The summed E-state index contributed by atoms with van der Waals surface area (Å²) in [5.74, 6) is -0.572. The normalized spacial score (nSPS) is 34.8. The molecule has 5 nitrogen and oxygen atoms in total. The Morgan fingerprint density at radius 2 is 1.63 bits per heavy atom. The Bertz CT molecular complexity index is 1070. The molecule has 3 unspecified atom stereocenters. The number of rotatable bonds is 4. The van der Waals surface area contributed by atoms with Crippen LogP contribution in [0.2, 0.25) is 0 Å². The van der Waals surface area contributed by atoms with E-state index in [0.29, 0.717) is 13.0 Å². The highest BCUT2D eigenvalue weighted by atomic mass is 16.5. The van der Waals surface area contributed by atoms with Crippen molar-refractivity contribution in [2.24, 2.45) is 16.7 Å². The molecule has 0 amide bonds. The molecule has 1 aliphatic heterocycles. The molecule has 5 heteroatoms. The maximum absolute atomic E-state index is 13.6. The standard InChI is InChI=1S/C25H22N2O3/c1-2-30-21(28)24-17-29-16-23(18-9-5-3-6-10-18)20(24)13-22(14-26,15-27)25(23,24)19-11-7-4-8-12-19/h3-12,20H,2,13,16-17H2,1H3/t20?,23?,24?,25-/m1/s1. The highest BCUT2D eigenvalue weighted by Gasteiger charge is 2.96. The molecule has 30 heavy (non-hydrogen) atoms. The minimum absolute atomic E-state index is 0.158. The third kappa shape index (κ3) is 1.68. The van der Waals surface area contributed by atoms with Gasteiger partial charge < -0.3 is 9.47 Å². The highest BCUT2D eigenvalue weighted by molar-refractivity contribution is 5.88. The second-order valence-electron chi connectivity index (χ2n) is 8.52. The zero-order valence-electron chi connectivity index (χ0n) is 16.8. The van der Waals surface area contributed by atoms with Crippen LogP contribution in [0, 0.1) is 39.4 Å². The van der Waals surface area contributed by atoms with Crippen LogP contribution in [0.25, 0.3) is 0 Å². The van der Waals surface area contributed by atoms with E-state index in [9.17, 15) is 15.3 Å². The SMILES string of the molecule is CCOC(=O)C12COCC3(c4ccccc4)C1CC(C#N)(C#N)[C@@]23c1ccccc1. The first-order chi connectivity index (χ1) is 14.6. The number of carbonyl (C=O) groups excluding carboxylic acids is 1. The van der Waals surface area contributed by atoms with E-state index in [1.165, 1.54) is 0 Å². The second-order valence-corrected chi connectivity index (χ2v) is 8.52. The van der Waals surface area contributed by atoms with Gasteiger partial charge in [0.05, 0.1) is 37.4 Å². The van der Waals surface area contributed by atoms with Crippen LogP contribution < -0.4 is 0 Å². The van der Waals surface area contributed by atoms with E-state index >= 15 is 0 Å². The summed E-state index contributed by atoms with van der Waals surface area (Å²) in [7, 11) is 0. The molecule has 1 saturated heterocycles. The van der Waals surface area contributed by atoms with E-state index in [4.69, 9.17) is 9.47 Å². The number of fused-ring (bicyclic) bond motifs is 1. The summed E-state index contributed by atoms with van der Waals surface area (Å²) in [4.78, 5) is 13.6. The summed E-state index contributed by atoms with van der Waals surface area (Å²) >= 11 is 0. The fraction of sp³-hybridized carbons (Fsp3) is 0.400. The molecule has 0 spiro atoms. The lowest BCUT2D eigenvalue weighted by atomic mass is 9.29. The lowest BCUT2D eigenvalue weighted by Gasteiger charge is -2.73. The second kappa shape index (κ2) is 6.17. The third-order valence-corrected chi connectivity index (χ3v) is 7.86. The number of nitrogens with zero attached hydrogens (tertiary/aromatic N) is 2. The van der Waals surface area contributed by atoms with Gasteiger partial charge in [-0.05, 0) is 30.4 Å². The summed E-state index contributed by atoms with van der Waals surface area (Å²) < 4.78 is 11.6. The van der Waals surface area contributed by atoms with Crippen molar-refractivity contribution in [3.8, 4) is 12.1 Å². The Morgan fingerprint density at radius 3 is 2.20 bits per heavy atom. The maximum Gasteiger partial charge on any atom is 0.315 e. The number of esters is 1. The number of hydrogen-bond acceptors (Lipinski definition) is 5. The van der Waals surface area contributed by atoms with Crippen molar-refractivity contribution < 1.29 is 14.3 Å². The Labute approximate surface area is 175 Å². The Balaban J connectivity index is 1.91. The van der Waals surface area contributed by atoms with Gasteiger partial charge in [0, 0.05) is 5.41 Å². The molecule has 0 N–H and O–H groups in total. The van der Waals surface area contributed by atoms with Gasteiger partial charge in [-0.15, -0.1) is 0 Å². The molecule has 0 aromatic heterocycles. The van der Waals surface area contributed by atoms with Crippen molar-refractivity contribution in [2.75, 3.05) is 19.8 Å². The summed E-state index contributed by atoms with van der Waals surface area (Å²) in [6.45, 7) is 2.54. The van der Waals surface area contributed by atoms with Gasteiger partial charge in [-0.25, -0.2) is 0 Å². The average molecular weight is 398 g/mol. The predicted molar refractivity (Wildman–Crippen MR) is 108 cm³/mol. The molecule has 4 atom stereocenters. The summed E-state index contributed by atoms with van der Waals surface area (Å²) in [5.41, 5.74) is -2.27. The van der Waals surface area contributed by atoms with Crippen LogP contribution in [0.1, 0.15) is 24.5 Å². The van der Waals surface area contributed by atoms with E-state index in [1.54, 1.807) is 6.92 Å². The van der Waals surface area contributed by atoms with Crippen molar-refractivity contribution in [3.63, 3.8) is 0 Å². The van der Waals surface area contributed by atoms with Crippen molar-refractivity contribution in [1.29, 1.82) is 10.5 Å². The Kier molecular flexibility index (Phi) is 3.88. The molecule has 4 fully saturated rings. The van der Waals surface area contributed by atoms with E-state index in [0.717, 1.165) is 11.1 Å². The maximum atomic E-state index is 13.6. The number of benzene rings is 2. The van der Waals surface area contributed by atoms with E-state index < -0.39 is 21.7 Å². The van der Waals surface area contributed by atoms with Gasteiger partial charge in [0.25, 0.3) is 0 Å². The van der Waals surface area contributed by atoms with Gasteiger partial charge >= 0.3 is 5.97 Å². The molecule has 3 aliphatic carbocycles. The first-order valence-corrected chi connectivity index (χ1v) is 10.3. The minimum Gasteiger partial charge on any atom is -0.465 e. The number of carbonyl (C=O) groups is 1. The van der Waals surface area contributed by atoms with Crippen LogP contribution >= 0.6 is 0 Å². The Morgan fingerprint density at radius 1 is 1.03 bits per heavy atom. The zero-order chi connectivity index (χ0) is 21.0. The van der Waals surface area contributed by atoms with Crippen LogP contribution in [0.3, 0.4) is 0 Å². The molecule has 4 bridgehead atoms. The van der Waals surface area contributed by atoms with Crippen LogP contribution in [0.5, 0.6) is 0 Å². The summed E-state index contributed by atoms with van der Waals surface area (Å²) in [6.07, 6.45) is 0.325. The zero-order valence-corrected chi connectivity index (χ0v) is 16.8. The highest BCUT2D eigenvalue weighted by Crippen LogP contribution is 2.87. The average Bonchev–Trinajstić information content (AvgIpc) is 3.27. The van der Waals surface area contributed by atoms with Gasteiger partial charge in [0.1, 0.15) is 5.41 Å². The smallest absolute Gasteiger partial charge is 0.315 e. The van der Waals surface area contributed by atoms with E-state index in [1.807, 2.05) is 60.7 Å². The molecule has 3 saturated carbocycles. The van der Waals surface area contributed by atoms with Crippen LogP contribution in [-0.2, 0) is 25.1 Å². The molecule has 2 aromatic carbocycles. The van der Waals surface area contributed by atoms with Gasteiger partial charge in [-0.3, -0.25) is 4.79 Å². The van der Waals surface area contributed by atoms with Crippen molar-refractivity contribution in [1.82, 2.24) is 0 Å². The number of nitriles is 2. The fourth-order valence-corrected chi connectivity index (χ4v) is 7.21. The molecular weight excluding hydrogens is 376 g/mol. The quantitative estimate of drug-likeness (QED) is 0.736. The molecule has 0 radical (unpaired) electrons. The largest absolute Gasteiger partial charge is 0.465 e. The monoisotopic (exact) mass is 398 g/mol. The van der Waals surface area contributed by atoms with Crippen molar-refractivity contribution in [3.05, 3.63) is 71.8 Å². The topological polar surface area (TPSA) is 83.1 Å². The van der Waals surface area contributed by atoms with Gasteiger partial charge in [-0.1, -0.05) is 60.7 Å². The molecule has 1 heterocycles.